The van der Waals surface area contributed by atoms with Crippen LogP contribution < -0.4 is 5.63 Å². The SMILES string of the molecule is O=c1o[nH]c2nc3ccccc3cc12. The standard InChI is InChI=1S/C10H6N2O2/c13-10-7-5-6-3-1-2-4-8(6)11-9(7)12-14-10/h1-5H,(H,11,12). The summed E-state index contributed by atoms with van der Waals surface area (Å²) in [6, 6.07) is 9.39. The second-order valence-corrected chi connectivity index (χ2v) is 3.07. The molecule has 4 heteroatoms. The highest BCUT2D eigenvalue weighted by atomic mass is 16.5. The molecule has 0 bridgehead atoms. The van der Waals surface area contributed by atoms with Gasteiger partial charge in [-0.1, -0.05) is 18.2 Å². The summed E-state index contributed by atoms with van der Waals surface area (Å²) >= 11 is 0. The predicted octanol–water partition coefficient (Wildman–Crippen LogP) is 1.67. The van der Waals surface area contributed by atoms with Crippen LogP contribution in [0.4, 0.5) is 0 Å². The van der Waals surface area contributed by atoms with E-state index in [1.165, 1.54) is 0 Å². The van der Waals surface area contributed by atoms with E-state index < -0.39 is 0 Å². The first-order valence-electron chi connectivity index (χ1n) is 4.21. The van der Waals surface area contributed by atoms with Crippen LogP contribution in [0.3, 0.4) is 0 Å². The maximum Gasteiger partial charge on any atom is 0.366 e. The lowest BCUT2D eigenvalue weighted by atomic mass is 10.2. The van der Waals surface area contributed by atoms with Crippen LogP contribution >= 0.6 is 0 Å². The number of hydrogen-bond acceptors (Lipinski definition) is 3. The number of rotatable bonds is 0. The maximum absolute atomic E-state index is 11.2. The second kappa shape index (κ2) is 2.45. The van der Waals surface area contributed by atoms with E-state index in [1.54, 1.807) is 6.07 Å². The number of benzene rings is 1. The van der Waals surface area contributed by atoms with E-state index in [-0.39, 0.29) is 5.63 Å². The molecule has 0 saturated heterocycles. The normalized spacial score (nSPS) is 11.1. The number of nitrogens with zero attached hydrogens (tertiary/aromatic N) is 1. The van der Waals surface area contributed by atoms with Crippen LogP contribution in [-0.2, 0) is 0 Å². The lowest BCUT2D eigenvalue weighted by molar-refractivity contribution is 0.398. The Labute approximate surface area is 78.1 Å². The Hall–Kier alpha value is -2.10. The molecule has 3 rings (SSSR count). The Morgan fingerprint density at radius 3 is 3.07 bits per heavy atom. The molecule has 0 amide bonds. The zero-order valence-corrected chi connectivity index (χ0v) is 7.15. The van der Waals surface area contributed by atoms with E-state index in [1.807, 2.05) is 24.3 Å². The largest absolute Gasteiger partial charge is 0.366 e. The zero-order chi connectivity index (χ0) is 9.54. The van der Waals surface area contributed by atoms with Crippen LogP contribution in [0.25, 0.3) is 21.9 Å². The minimum absolute atomic E-state index is 0.377. The first kappa shape index (κ1) is 7.32. The van der Waals surface area contributed by atoms with Gasteiger partial charge in [-0.25, -0.2) is 9.78 Å². The zero-order valence-electron chi connectivity index (χ0n) is 7.15. The van der Waals surface area contributed by atoms with Gasteiger partial charge in [-0.15, -0.1) is 0 Å². The van der Waals surface area contributed by atoms with Gasteiger partial charge in [0.05, 0.1) is 5.52 Å². The fraction of sp³-hybridized carbons (Fsp3) is 0. The highest BCUT2D eigenvalue weighted by Gasteiger charge is 2.05. The molecule has 1 aromatic carbocycles. The summed E-state index contributed by atoms with van der Waals surface area (Å²) in [4.78, 5) is 15.4. The highest BCUT2D eigenvalue weighted by molar-refractivity contribution is 5.90. The van der Waals surface area contributed by atoms with E-state index in [4.69, 9.17) is 0 Å². The molecule has 2 heterocycles. The van der Waals surface area contributed by atoms with E-state index >= 15 is 0 Å². The molecule has 0 fully saturated rings. The fourth-order valence-corrected chi connectivity index (χ4v) is 1.50. The Morgan fingerprint density at radius 1 is 1.29 bits per heavy atom. The molecule has 0 unspecified atom stereocenters. The van der Waals surface area contributed by atoms with Crippen molar-refractivity contribution >= 4 is 21.9 Å². The number of nitrogens with one attached hydrogen (secondary N) is 1. The lowest BCUT2D eigenvalue weighted by Gasteiger charge is -1.94. The third-order valence-corrected chi connectivity index (χ3v) is 2.18. The van der Waals surface area contributed by atoms with Gasteiger partial charge in [0, 0.05) is 5.39 Å². The van der Waals surface area contributed by atoms with Crippen molar-refractivity contribution in [1.29, 1.82) is 0 Å². The topological polar surface area (TPSA) is 58.9 Å². The molecule has 4 nitrogen and oxygen atoms in total. The second-order valence-electron chi connectivity index (χ2n) is 3.07. The number of aromatic nitrogens is 2. The first-order chi connectivity index (χ1) is 6.84. The van der Waals surface area contributed by atoms with Crippen molar-refractivity contribution in [3.8, 4) is 0 Å². The average Bonchev–Trinajstić information content (AvgIpc) is 2.57. The van der Waals surface area contributed by atoms with E-state index in [0.29, 0.717) is 11.0 Å². The Morgan fingerprint density at radius 2 is 2.14 bits per heavy atom. The summed E-state index contributed by atoms with van der Waals surface area (Å²) in [5.41, 5.74) is 0.962. The summed E-state index contributed by atoms with van der Waals surface area (Å²) in [6.07, 6.45) is 0. The number of H-pyrrole nitrogens is 1. The fourth-order valence-electron chi connectivity index (χ4n) is 1.50. The monoisotopic (exact) mass is 186 g/mol. The van der Waals surface area contributed by atoms with Crippen LogP contribution in [0.1, 0.15) is 0 Å². The predicted molar refractivity (Wildman–Crippen MR) is 52.1 cm³/mol. The van der Waals surface area contributed by atoms with Gasteiger partial charge in [0.15, 0.2) is 5.65 Å². The van der Waals surface area contributed by atoms with Crippen LogP contribution in [0, 0.1) is 0 Å². The van der Waals surface area contributed by atoms with E-state index in [0.717, 1.165) is 10.9 Å². The molecule has 3 aromatic rings. The van der Waals surface area contributed by atoms with Crippen molar-refractivity contribution in [2.24, 2.45) is 0 Å². The smallest absolute Gasteiger partial charge is 0.336 e. The lowest BCUT2D eigenvalue weighted by Crippen LogP contribution is -1.91. The maximum atomic E-state index is 11.2. The minimum atomic E-state index is -0.377. The van der Waals surface area contributed by atoms with Crippen LogP contribution in [-0.4, -0.2) is 10.1 Å². The van der Waals surface area contributed by atoms with Crippen molar-refractivity contribution in [2.45, 2.75) is 0 Å². The van der Waals surface area contributed by atoms with E-state index in [9.17, 15) is 4.79 Å². The number of pyridine rings is 1. The minimum Gasteiger partial charge on any atom is -0.336 e. The van der Waals surface area contributed by atoms with Crippen molar-refractivity contribution in [3.05, 3.63) is 40.8 Å². The number of fused-ring (bicyclic) bond motifs is 2. The summed E-state index contributed by atoms with van der Waals surface area (Å²) in [6.45, 7) is 0. The summed E-state index contributed by atoms with van der Waals surface area (Å²) < 4.78 is 4.64. The van der Waals surface area contributed by atoms with Crippen LogP contribution in [0.15, 0.2) is 39.6 Å². The van der Waals surface area contributed by atoms with Crippen molar-refractivity contribution in [2.75, 3.05) is 0 Å². The third kappa shape index (κ3) is 0.877. The van der Waals surface area contributed by atoms with Gasteiger partial charge >= 0.3 is 5.63 Å². The van der Waals surface area contributed by atoms with E-state index in [2.05, 4.69) is 14.7 Å². The highest BCUT2D eigenvalue weighted by Crippen LogP contribution is 2.15. The molecule has 0 aliphatic carbocycles. The van der Waals surface area contributed by atoms with Gasteiger partial charge in [0.2, 0.25) is 0 Å². The molecule has 0 spiro atoms. The summed E-state index contributed by atoms with van der Waals surface area (Å²) in [5, 5.41) is 3.91. The van der Waals surface area contributed by atoms with Crippen molar-refractivity contribution in [1.82, 2.24) is 10.1 Å². The van der Waals surface area contributed by atoms with Gasteiger partial charge < -0.3 is 4.52 Å². The molecule has 1 N–H and O–H groups in total. The van der Waals surface area contributed by atoms with Crippen LogP contribution in [0.5, 0.6) is 0 Å². The molecule has 14 heavy (non-hydrogen) atoms. The molecule has 0 atom stereocenters. The Kier molecular flexibility index (Phi) is 1.28. The Balaban J connectivity index is 2.61. The molecular formula is C10H6N2O2. The molecule has 0 aliphatic heterocycles. The Bertz CT molecular complexity index is 666. The molecular weight excluding hydrogens is 180 g/mol. The van der Waals surface area contributed by atoms with Gasteiger partial charge in [0.25, 0.3) is 0 Å². The number of hydrogen-bond donors (Lipinski definition) is 1. The molecule has 0 aliphatic rings. The quantitative estimate of drug-likeness (QED) is 0.581. The van der Waals surface area contributed by atoms with Crippen molar-refractivity contribution < 1.29 is 4.52 Å². The van der Waals surface area contributed by atoms with Crippen molar-refractivity contribution in [3.63, 3.8) is 0 Å². The molecule has 0 radical (unpaired) electrons. The van der Waals surface area contributed by atoms with Gasteiger partial charge in [-0.3, -0.25) is 0 Å². The number of aromatic amines is 1. The van der Waals surface area contributed by atoms with Crippen LogP contribution in [0.2, 0.25) is 0 Å². The molecule has 0 saturated carbocycles. The average molecular weight is 186 g/mol. The summed E-state index contributed by atoms with van der Waals surface area (Å²) in [5.74, 6) is 0. The number of para-hydroxylation sites is 1. The summed E-state index contributed by atoms with van der Waals surface area (Å²) in [7, 11) is 0. The molecule has 2 aromatic heterocycles. The van der Waals surface area contributed by atoms with Gasteiger partial charge in [-0.05, 0) is 12.1 Å². The first-order valence-corrected chi connectivity index (χ1v) is 4.21. The van der Waals surface area contributed by atoms with Gasteiger partial charge in [0.1, 0.15) is 5.39 Å². The molecule has 68 valence electrons. The van der Waals surface area contributed by atoms with Gasteiger partial charge in [-0.2, -0.15) is 5.16 Å². The third-order valence-electron chi connectivity index (χ3n) is 2.18.